The number of hydrogen-bond donors (Lipinski definition) is 0. The third-order valence-corrected chi connectivity index (χ3v) is 5.65. The lowest BCUT2D eigenvalue weighted by Gasteiger charge is -2.29. The van der Waals surface area contributed by atoms with Crippen LogP contribution < -0.4 is 9.47 Å². The molecule has 0 bridgehead atoms. The topological polar surface area (TPSA) is 60.9 Å². The fraction of sp³-hybridized carbons (Fsp3) is 0.429. The highest BCUT2D eigenvalue weighted by Gasteiger charge is 2.24. The highest BCUT2D eigenvalue weighted by molar-refractivity contribution is 9.10. The molecule has 3 rings (SSSR count). The van der Waals surface area contributed by atoms with Crippen molar-refractivity contribution in [3.8, 4) is 11.5 Å². The van der Waals surface area contributed by atoms with E-state index in [0.717, 1.165) is 27.2 Å². The van der Waals surface area contributed by atoms with E-state index in [1.165, 1.54) is 0 Å². The molecule has 2 heterocycles. The van der Waals surface area contributed by atoms with E-state index >= 15 is 0 Å². The zero-order chi connectivity index (χ0) is 21.0. The Morgan fingerprint density at radius 2 is 2.10 bits per heavy atom. The predicted octanol–water partition coefficient (Wildman–Crippen LogP) is 5.52. The van der Waals surface area contributed by atoms with Crippen LogP contribution in [0, 0.1) is 0 Å². The summed E-state index contributed by atoms with van der Waals surface area (Å²) in [5.74, 6) is 1.35. The van der Waals surface area contributed by atoms with Crippen LogP contribution in [0.5, 0.6) is 11.5 Å². The van der Waals surface area contributed by atoms with Crippen LogP contribution in [0.3, 0.4) is 0 Å². The number of benzene rings is 1. The van der Waals surface area contributed by atoms with E-state index in [0.29, 0.717) is 31.2 Å². The number of halogens is 1. The minimum atomic E-state index is -0.484. The molecule has 0 atom stereocenters. The van der Waals surface area contributed by atoms with Gasteiger partial charge >= 0.3 is 6.09 Å². The van der Waals surface area contributed by atoms with Gasteiger partial charge in [-0.2, -0.15) is 0 Å². The van der Waals surface area contributed by atoms with Gasteiger partial charge in [0.1, 0.15) is 17.2 Å². The zero-order valence-corrected chi connectivity index (χ0v) is 19.4. The lowest BCUT2D eigenvalue weighted by atomic mass is 10.1. The van der Waals surface area contributed by atoms with Gasteiger partial charge in [0.15, 0.2) is 11.5 Å². The summed E-state index contributed by atoms with van der Waals surface area (Å²) in [5, 5.41) is 2.97. The van der Waals surface area contributed by atoms with Gasteiger partial charge < -0.3 is 19.1 Å². The first kappa shape index (κ1) is 21.6. The molecule has 29 heavy (non-hydrogen) atoms. The number of amides is 1. The van der Waals surface area contributed by atoms with E-state index in [1.807, 2.05) is 50.4 Å². The Labute approximate surface area is 183 Å². The van der Waals surface area contributed by atoms with E-state index in [9.17, 15) is 4.79 Å². The van der Waals surface area contributed by atoms with E-state index in [4.69, 9.17) is 19.2 Å². The number of aromatic nitrogens is 1. The van der Waals surface area contributed by atoms with Gasteiger partial charge in [-0.15, -0.1) is 11.3 Å². The fourth-order valence-corrected chi connectivity index (χ4v) is 4.01. The number of methoxy groups -OCH3 is 1. The first-order chi connectivity index (χ1) is 13.7. The third-order valence-electron chi connectivity index (χ3n) is 4.19. The van der Waals surface area contributed by atoms with Crippen LogP contribution in [0.4, 0.5) is 4.79 Å². The molecule has 1 aliphatic rings. The molecule has 6 nitrogen and oxygen atoms in total. The number of carbonyl (C=O) groups excluding carboxylic acids is 1. The Kier molecular flexibility index (Phi) is 6.85. The molecule has 8 heteroatoms. The van der Waals surface area contributed by atoms with E-state index < -0.39 is 5.60 Å². The van der Waals surface area contributed by atoms with Gasteiger partial charge in [0.05, 0.1) is 12.8 Å². The quantitative estimate of drug-likeness (QED) is 0.563. The van der Waals surface area contributed by atoms with Crippen LogP contribution in [-0.4, -0.2) is 41.8 Å². The number of ether oxygens (including phenoxy) is 3. The molecule has 0 saturated heterocycles. The maximum atomic E-state index is 12.2. The number of hydrogen-bond acceptors (Lipinski definition) is 6. The summed E-state index contributed by atoms with van der Waals surface area (Å²) in [4.78, 5) is 18.6. The van der Waals surface area contributed by atoms with Gasteiger partial charge in [-0.25, -0.2) is 9.78 Å². The minimum Gasteiger partial charge on any atom is -0.493 e. The molecule has 0 saturated carbocycles. The van der Waals surface area contributed by atoms with Crippen LogP contribution in [-0.2, 0) is 11.3 Å². The van der Waals surface area contributed by atoms with Gasteiger partial charge in [0.2, 0.25) is 0 Å². The van der Waals surface area contributed by atoms with E-state index in [1.54, 1.807) is 23.3 Å². The van der Waals surface area contributed by atoms with Crippen molar-refractivity contribution >= 4 is 38.9 Å². The molecule has 0 spiro atoms. The lowest BCUT2D eigenvalue weighted by Crippen LogP contribution is -2.39. The second kappa shape index (κ2) is 9.17. The largest absolute Gasteiger partial charge is 0.493 e. The summed E-state index contributed by atoms with van der Waals surface area (Å²) in [7, 11) is 1.62. The van der Waals surface area contributed by atoms with Crippen molar-refractivity contribution in [2.75, 3.05) is 20.2 Å². The maximum Gasteiger partial charge on any atom is 0.410 e. The smallest absolute Gasteiger partial charge is 0.410 e. The normalized spacial score (nSPS) is 14.4. The van der Waals surface area contributed by atoms with Crippen molar-refractivity contribution in [3.63, 3.8) is 0 Å². The molecule has 2 aromatic rings. The number of carbonyl (C=O) groups is 1. The summed E-state index contributed by atoms with van der Waals surface area (Å²) in [5.41, 5.74) is 1.53. The summed E-state index contributed by atoms with van der Waals surface area (Å²) in [6.45, 7) is 7.14. The van der Waals surface area contributed by atoms with E-state index in [2.05, 4.69) is 15.9 Å². The maximum absolute atomic E-state index is 12.2. The zero-order valence-electron chi connectivity index (χ0n) is 17.0. The minimum absolute atomic E-state index is 0.274. The first-order valence-electron chi connectivity index (χ1n) is 9.33. The summed E-state index contributed by atoms with van der Waals surface area (Å²) in [6.07, 6.45) is 2.53. The molecule has 1 aromatic carbocycles. The lowest BCUT2D eigenvalue weighted by molar-refractivity contribution is 0.0270. The molecule has 0 aliphatic carbocycles. The van der Waals surface area contributed by atoms with Gasteiger partial charge in [-0.05, 0) is 51.0 Å². The molecule has 0 unspecified atom stereocenters. The van der Waals surface area contributed by atoms with Crippen molar-refractivity contribution in [1.29, 1.82) is 0 Å². The third kappa shape index (κ3) is 5.96. The van der Waals surface area contributed by atoms with Gasteiger partial charge in [0, 0.05) is 22.9 Å². The summed E-state index contributed by atoms with van der Waals surface area (Å²) in [6, 6.07) is 5.64. The molecule has 156 valence electrons. The molecule has 0 radical (unpaired) electrons. The Hall–Kier alpha value is -2.06. The SMILES string of the molecule is COc1ccc(Br)cc1OCc1csc(C2=CCN(C(=O)OC(C)(C)C)CC2)n1. The number of rotatable bonds is 5. The van der Waals surface area contributed by atoms with Crippen molar-refractivity contribution in [2.24, 2.45) is 0 Å². The van der Waals surface area contributed by atoms with Crippen molar-refractivity contribution in [2.45, 2.75) is 39.4 Å². The summed E-state index contributed by atoms with van der Waals surface area (Å²) < 4.78 is 17.6. The monoisotopic (exact) mass is 480 g/mol. The van der Waals surface area contributed by atoms with E-state index in [-0.39, 0.29) is 6.09 Å². The number of thiazole rings is 1. The average molecular weight is 481 g/mol. The van der Waals surface area contributed by atoms with Crippen LogP contribution in [0.2, 0.25) is 0 Å². The van der Waals surface area contributed by atoms with Crippen LogP contribution in [0.1, 0.15) is 37.9 Å². The molecular formula is C21H25BrN2O4S. The molecule has 1 aromatic heterocycles. The molecule has 0 fully saturated rings. The highest BCUT2D eigenvalue weighted by atomic mass is 79.9. The molecule has 0 N–H and O–H groups in total. The fourth-order valence-electron chi connectivity index (χ4n) is 2.79. The second-order valence-electron chi connectivity index (χ2n) is 7.63. The molecule has 1 aliphatic heterocycles. The highest BCUT2D eigenvalue weighted by Crippen LogP contribution is 2.31. The van der Waals surface area contributed by atoms with Crippen molar-refractivity contribution in [3.05, 3.63) is 44.8 Å². The Balaban J connectivity index is 1.59. The summed E-state index contributed by atoms with van der Waals surface area (Å²) >= 11 is 5.03. The Morgan fingerprint density at radius 3 is 2.76 bits per heavy atom. The first-order valence-corrected chi connectivity index (χ1v) is 11.0. The Morgan fingerprint density at radius 1 is 1.31 bits per heavy atom. The molecule has 1 amide bonds. The van der Waals surface area contributed by atoms with Gasteiger partial charge in [-0.1, -0.05) is 22.0 Å². The standard InChI is InChI=1S/C21H25BrN2O4S/c1-21(2,3)28-20(25)24-9-7-14(8-10-24)19-23-16(13-29-19)12-27-18-11-15(22)5-6-17(18)26-4/h5-7,11,13H,8-10,12H2,1-4H3. The second-order valence-corrected chi connectivity index (χ2v) is 9.41. The van der Waals surface area contributed by atoms with Gasteiger partial charge in [-0.3, -0.25) is 0 Å². The van der Waals surface area contributed by atoms with Crippen molar-refractivity contribution < 1.29 is 19.0 Å². The van der Waals surface area contributed by atoms with Gasteiger partial charge in [0.25, 0.3) is 0 Å². The predicted molar refractivity (Wildman–Crippen MR) is 118 cm³/mol. The van der Waals surface area contributed by atoms with Crippen molar-refractivity contribution in [1.82, 2.24) is 9.88 Å². The average Bonchev–Trinajstić information content (AvgIpc) is 3.14. The van der Waals surface area contributed by atoms with Crippen LogP contribution in [0.25, 0.3) is 5.57 Å². The number of nitrogens with zero attached hydrogens (tertiary/aromatic N) is 2. The van der Waals surface area contributed by atoms with Crippen LogP contribution >= 0.6 is 27.3 Å². The molecular weight excluding hydrogens is 456 g/mol. The van der Waals surface area contributed by atoms with Crippen LogP contribution in [0.15, 0.2) is 34.1 Å². The Bertz CT molecular complexity index is 904.